The van der Waals surface area contributed by atoms with E-state index in [1.165, 1.54) is 11.8 Å². The van der Waals surface area contributed by atoms with E-state index in [4.69, 9.17) is 0 Å². The van der Waals surface area contributed by atoms with Crippen molar-refractivity contribution in [3.8, 4) is 0 Å². The Hall–Kier alpha value is -2.40. The van der Waals surface area contributed by atoms with Gasteiger partial charge in [0.2, 0.25) is 5.91 Å². The second kappa shape index (κ2) is 11.0. The Bertz CT molecular complexity index is 1110. The number of rotatable bonds is 8. The minimum Gasteiger partial charge on any atom is -0.342 e. The van der Waals surface area contributed by atoms with Crippen molar-refractivity contribution in [2.24, 2.45) is 0 Å². The molecule has 0 saturated heterocycles. The molecule has 1 aromatic heterocycles. The molecule has 0 aliphatic carbocycles. The van der Waals surface area contributed by atoms with Crippen molar-refractivity contribution in [3.05, 3.63) is 68.5 Å². The highest BCUT2D eigenvalue weighted by Crippen LogP contribution is 2.22. The number of aryl methyl sites for hydroxylation is 2. The summed E-state index contributed by atoms with van der Waals surface area (Å²) in [6.45, 7) is 8.45. The minimum absolute atomic E-state index is 0.104. The smallest absolute Gasteiger partial charge is 0.251 e. The van der Waals surface area contributed by atoms with Gasteiger partial charge in [-0.05, 0) is 86.2 Å². The lowest BCUT2D eigenvalue weighted by molar-refractivity contribution is -0.113. The van der Waals surface area contributed by atoms with Crippen LogP contribution in [0.3, 0.4) is 0 Å². The van der Waals surface area contributed by atoms with Crippen molar-refractivity contribution < 1.29 is 9.59 Å². The van der Waals surface area contributed by atoms with Gasteiger partial charge in [0.05, 0.1) is 11.8 Å². The maximum absolute atomic E-state index is 12.6. The van der Waals surface area contributed by atoms with Crippen LogP contribution in [-0.2, 0) is 11.3 Å². The van der Waals surface area contributed by atoms with Gasteiger partial charge in [0.25, 0.3) is 5.91 Å². The van der Waals surface area contributed by atoms with E-state index in [1.54, 1.807) is 12.1 Å². The molecule has 3 rings (SSSR count). The molecule has 1 atom stereocenters. The maximum Gasteiger partial charge on any atom is 0.251 e. The SMILES string of the molecule is CCn1c(SCC(=O)Nc2ccc(I)cc2C)nnc1[C@@H](C)NC(=O)c1ccc(C)cc1. The number of carbonyl (C=O) groups is 2. The Kier molecular flexibility index (Phi) is 8.30. The lowest BCUT2D eigenvalue weighted by Crippen LogP contribution is -2.28. The summed E-state index contributed by atoms with van der Waals surface area (Å²) >= 11 is 3.57. The summed E-state index contributed by atoms with van der Waals surface area (Å²) < 4.78 is 3.05. The molecule has 0 saturated carbocycles. The lowest BCUT2D eigenvalue weighted by atomic mass is 10.1. The Balaban J connectivity index is 1.62. The summed E-state index contributed by atoms with van der Waals surface area (Å²) in [5.74, 6) is 0.606. The standard InChI is InChI=1S/C23H26IN5O2S/c1-5-29-21(16(4)25-22(31)17-8-6-14(2)7-9-17)27-28-23(29)32-13-20(30)26-19-11-10-18(24)12-15(19)3/h6-12,16H,5,13H2,1-4H3,(H,25,31)(H,26,30)/t16-/m1/s1. The number of anilines is 1. The van der Waals surface area contributed by atoms with Crippen LogP contribution in [0.5, 0.6) is 0 Å². The molecule has 9 heteroatoms. The van der Waals surface area contributed by atoms with Gasteiger partial charge in [-0.25, -0.2) is 0 Å². The molecule has 168 valence electrons. The maximum atomic E-state index is 12.6. The zero-order valence-corrected chi connectivity index (χ0v) is 21.5. The molecule has 0 unspecified atom stereocenters. The molecule has 0 fully saturated rings. The molecule has 0 spiro atoms. The fourth-order valence-corrected chi connectivity index (χ4v) is 4.61. The van der Waals surface area contributed by atoms with Gasteiger partial charge >= 0.3 is 0 Å². The van der Waals surface area contributed by atoms with Crippen LogP contribution < -0.4 is 10.6 Å². The molecule has 7 nitrogen and oxygen atoms in total. The van der Waals surface area contributed by atoms with Crippen molar-refractivity contribution in [1.29, 1.82) is 0 Å². The summed E-state index contributed by atoms with van der Waals surface area (Å²) in [7, 11) is 0. The predicted molar refractivity (Wildman–Crippen MR) is 136 cm³/mol. The molecular weight excluding hydrogens is 537 g/mol. The van der Waals surface area contributed by atoms with Gasteiger partial charge in [0, 0.05) is 21.4 Å². The molecule has 2 N–H and O–H groups in total. The highest BCUT2D eigenvalue weighted by molar-refractivity contribution is 14.1. The Morgan fingerprint density at radius 1 is 1.12 bits per heavy atom. The summed E-state index contributed by atoms with van der Waals surface area (Å²) in [4.78, 5) is 25.0. The first-order valence-electron chi connectivity index (χ1n) is 10.3. The summed E-state index contributed by atoms with van der Waals surface area (Å²) in [6.07, 6.45) is 0. The number of hydrogen-bond donors (Lipinski definition) is 2. The number of amides is 2. The van der Waals surface area contributed by atoms with E-state index >= 15 is 0 Å². The molecule has 0 bridgehead atoms. The summed E-state index contributed by atoms with van der Waals surface area (Å²) in [5.41, 5.74) is 3.53. The van der Waals surface area contributed by atoms with Crippen LogP contribution in [0.25, 0.3) is 0 Å². The second-order valence-electron chi connectivity index (χ2n) is 7.44. The largest absolute Gasteiger partial charge is 0.342 e. The van der Waals surface area contributed by atoms with E-state index in [2.05, 4.69) is 43.4 Å². The first-order chi connectivity index (χ1) is 15.3. The number of thioether (sulfide) groups is 1. The quantitative estimate of drug-likeness (QED) is 0.306. The molecule has 0 aliphatic rings. The van der Waals surface area contributed by atoms with Crippen LogP contribution >= 0.6 is 34.4 Å². The first-order valence-corrected chi connectivity index (χ1v) is 12.3. The van der Waals surface area contributed by atoms with Crippen molar-refractivity contribution >= 4 is 51.9 Å². The fraction of sp³-hybridized carbons (Fsp3) is 0.304. The van der Waals surface area contributed by atoms with Crippen LogP contribution in [0.4, 0.5) is 5.69 Å². The zero-order chi connectivity index (χ0) is 23.3. The number of nitrogens with zero attached hydrogens (tertiary/aromatic N) is 3. The molecule has 1 heterocycles. The molecule has 3 aromatic rings. The Morgan fingerprint density at radius 2 is 1.84 bits per heavy atom. The fourth-order valence-electron chi connectivity index (χ4n) is 3.16. The monoisotopic (exact) mass is 563 g/mol. The van der Waals surface area contributed by atoms with Crippen LogP contribution in [0, 0.1) is 17.4 Å². The average Bonchev–Trinajstić information content (AvgIpc) is 3.17. The Labute approximate surface area is 205 Å². The number of benzene rings is 2. The third-order valence-corrected chi connectivity index (χ3v) is 6.54. The van der Waals surface area contributed by atoms with Crippen molar-refractivity contribution in [2.45, 2.75) is 45.4 Å². The highest BCUT2D eigenvalue weighted by Gasteiger charge is 2.20. The van der Waals surface area contributed by atoms with Gasteiger partial charge in [0.15, 0.2) is 11.0 Å². The number of halogens is 1. The van der Waals surface area contributed by atoms with Crippen molar-refractivity contribution in [1.82, 2.24) is 20.1 Å². The van der Waals surface area contributed by atoms with Gasteiger partial charge in [-0.15, -0.1) is 10.2 Å². The van der Waals surface area contributed by atoms with Crippen LogP contribution in [0.15, 0.2) is 47.6 Å². The van der Waals surface area contributed by atoms with E-state index < -0.39 is 0 Å². The highest BCUT2D eigenvalue weighted by atomic mass is 127. The van der Waals surface area contributed by atoms with E-state index in [0.717, 1.165) is 20.4 Å². The summed E-state index contributed by atoms with van der Waals surface area (Å²) in [5, 5.41) is 15.1. The topological polar surface area (TPSA) is 88.9 Å². The molecule has 2 amide bonds. The Morgan fingerprint density at radius 3 is 2.50 bits per heavy atom. The summed E-state index contributed by atoms with van der Waals surface area (Å²) in [6, 6.07) is 13.0. The van der Waals surface area contributed by atoms with Crippen LogP contribution in [0.2, 0.25) is 0 Å². The number of carbonyl (C=O) groups excluding carboxylic acids is 2. The van der Waals surface area contributed by atoms with E-state index in [1.807, 2.05) is 62.6 Å². The third kappa shape index (κ3) is 6.10. The second-order valence-corrected chi connectivity index (χ2v) is 9.63. The van der Waals surface area contributed by atoms with Gasteiger partial charge in [-0.3, -0.25) is 9.59 Å². The molecule has 32 heavy (non-hydrogen) atoms. The molecular formula is C23H26IN5O2S. The molecule has 0 aliphatic heterocycles. The third-order valence-electron chi connectivity index (χ3n) is 4.91. The number of aromatic nitrogens is 3. The number of nitrogens with one attached hydrogen (secondary N) is 2. The van der Waals surface area contributed by atoms with Crippen molar-refractivity contribution in [3.63, 3.8) is 0 Å². The van der Waals surface area contributed by atoms with Crippen LogP contribution in [-0.4, -0.2) is 32.3 Å². The molecule has 2 aromatic carbocycles. The van der Waals surface area contributed by atoms with Crippen molar-refractivity contribution in [2.75, 3.05) is 11.1 Å². The normalized spacial score (nSPS) is 11.8. The zero-order valence-electron chi connectivity index (χ0n) is 18.5. The lowest BCUT2D eigenvalue weighted by Gasteiger charge is -2.15. The van der Waals surface area contributed by atoms with E-state index in [9.17, 15) is 9.59 Å². The number of hydrogen-bond acceptors (Lipinski definition) is 5. The van der Waals surface area contributed by atoms with Gasteiger partial charge in [0.1, 0.15) is 0 Å². The first kappa shape index (κ1) is 24.2. The molecule has 0 radical (unpaired) electrons. The van der Waals surface area contributed by atoms with Gasteiger partial charge in [-0.2, -0.15) is 0 Å². The average molecular weight is 563 g/mol. The van der Waals surface area contributed by atoms with E-state index in [0.29, 0.717) is 23.1 Å². The van der Waals surface area contributed by atoms with Gasteiger partial charge in [-0.1, -0.05) is 29.5 Å². The van der Waals surface area contributed by atoms with Gasteiger partial charge < -0.3 is 15.2 Å². The minimum atomic E-state index is -0.325. The predicted octanol–water partition coefficient (Wildman–Crippen LogP) is 4.74. The van der Waals surface area contributed by atoms with Crippen LogP contribution in [0.1, 0.15) is 47.2 Å². The van der Waals surface area contributed by atoms with E-state index in [-0.39, 0.29) is 23.6 Å².